The summed E-state index contributed by atoms with van der Waals surface area (Å²) in [5.74, 6) is -0.645. The van der Waals surface area contributed by atoms with Gasteiger partial charge in [-0.3, -0.25) is 4.79 Å². The molecule has 3 rings (SSSR count). The van der Waals surface area contributed by atoms with Crippen LogP contribution in [0.3, 0.4) is 0 Å². The second-order valence-corrected chi connectivity index (χ2v) is 5.67. The molecule has 4 nitrogen and oxygen atoms in total. The fraction of sp³-hybridized carbons (Fsp3) is 0.333. The van der Waals surface area contributed by atoms with Crippen molar-refractivity contribution in [2.45, 2.75) is 19.0 Å². The molecule has 2 aromatic rings. The van der Waals surface area contributed by atoms with Crippen molar-refractivity contribution in [1.82, 2.24) is 14.7 Å². The maximum Gasteiger partial charge on any atom is 0.434 e. The van der Waals surface area contributed by atoms with Gasteiger partial charge in [0.15, 0.2) is 5.69 Å². The number of rotatable bonds is 2. The predicted molar refractivity (Wildman–Crippen MR) is 78.7 cm³/mol. The number of nitrogens with zero attached hydrogens (tertiary/aromatic N) is 3. The molecule has 8 heteroatoms. The number of hydrogen-bond donors (Lipinski definition) is 0. The molecule has 0 bridgehead atoms. The fourth-order valence-corrected chi connectivity index (χ4v) is 2.89. The van der Waals surface area contributed by atoms with Crippen LogP contribution in [0.2, 0.25) is 5.02 Å². The molecule has 0 spiro atoms. The van der Waals surface area contributed by atoms with Crippen molar-refractivity contribution >= 4 is 17.5 Å². The number of likely N-dealkylation sites (tertiary alicyclic amines) is 1. The third-order valence-corrected chi connectivity index (χ3v) is 4.06. The van der Waals surface area contributed by atoms with Crippen LogP contribution in [0.1, 0.15) is 28.9 Å². The molecule has 0 saturated carbocycles. The van der Waals surface area contributed by atoms with Crippen molar-refractivity contribution in [1.29, 1.82) is 0 Å². The Kier molecular flexibility index (Phi) is 4.06. The summed E-state index contributed by atoms with van der Waals surface area (Å²) in [6.07, 6.45) is -2.16. The van der Waals surface area contributed by atoms with Gasteiger partial charge in [-0.2, -0.15) is 18.3 Å². The van der Waals surface area contributed by atoms with Gasteiger partial charge in [0, 0.05) is 13.1 Å². The summed E-state index contributed by atoms with van der Waals surface area (Å²) in [7, 11) is 0. The predicted octanol–water partition coefficient (Wildman–Crippen LogP) is 3.78. The van der Waals surface area contributed by atoms with Crippen molar-refractivity contribution in [3.63, 3.8) is 0 Å². The summed E-state index contributed by atoms with van der Waals surface area (Å²) in [6, 6.07) is 6.07. The molecule has 1 aliphatic rings. The number of para-hydroxylation sites is 1. The van der Waals surface area contributed by atoms with E-state index in [-0.39, 0.29) is 10.7 Å². The van der Waals surface area contributed by atoms with Gasteiger partial charge in [0.2, 0.25) is 0 Å². The third kappa shape index (κ3) is 2.93. The molecule has 1 aromatic heterocycles. The van der Waals surface area contributed by atoms with Crippen molar-refractivity contribution in [2.75, 3.05) is 13.1 Å². The Bertz CT molecular complexity index is 736. The first-order valence-electron chi connectivity index (χ1n) is 7.09. The minimum absolute atomic E-state index is 0.0852. The Morgan fingerprint density at radius 2 is 1.83 bits per heavy atom. The number of benzene rings is 1. The SMILES string of the molecule is O=C(c1cnn(-c2ccccc2Cl)c1C(F)(F)F)N1CCCC1. The third-order valence-electron chi connectivity index (χ3n) is 3.74. The van der Waals surface area contributed by atoms with E-state index < -0.39 is 23.3 Å². The van der Waals surface area contributed by atoms with Gasteiger partial charge >= 0.3 is 6.18 Å². The van der Waals surface area contributed by atoms with E-state index in [1.54, 1.807) is 12.1 Å². The molecule has 0 radical (unpaired) electrons. The van der Waals surface area contributed by atoms with E-state index in [1.807, 2.05) is 0 Å². The maximum absolute atomic E-state index is 13.5. The molecule has 122 valence electrons. The largest absolute Gasteiger partial charge is 0.434 e. The van der Waals surface area contributed by atoms with Gasteiger partial charge in [-0.05, 0) is 25.0 Å². The maximum atomic E-state index is 13.5. The molecule has 1 fully saturated rings. The molecule has 1 amide bonds. The number of carbonyl (C=O) groups excluding carboxylic acids is 1. The second kappa shape index (κ2) is 5.88. The summed E-state index contributed by atoms with van der Waals surface area (Å²) < 4.78 is 41.3. The van der Waals surface area contributed by atoms with Crippen molar-refractivity contribution in [3.8, 4) is 5.69 Å². The van der Waals surface area contributed by atoms with E-state index in [1.165, 1.54) is 17.0 Å². The van der Waals surface area contributed by atoms with Crippen LogP contribution in [0.25, 0.3) is 5.69 Å². The normalized spacial score (nSPS) is 15.2. The van der Waals surface area contributed by atoms with Gasteiger partial charge < -0.3 is 4.90 Å². The van der Waals surface area contributed by atoms with Gasteiger partial charge in [-0.1, -0.05) is 23.7 Å². The van der Waals surface area contributed by atoms with Crippen LogP contribution in [0.4, 0.5) is 13.2 Å². The van der Waals surface area contributed by atoms with Crippen LogP contribution in [0, 0.1) is 0 Å². The van der Waals surface area contributed by atoms with Gasteiger partial charge in [-0.15, -0.1) is 0 Å². The van der Waals surface area contributed by atoms with Crippen LogP contribution in [0.5, 0.6) is 0 Å². The standard InChI is InChI=1S/C15H13ClF3N3O/c16-11-5-1-2-6-12(11)22-13(15(17,18)19)10(9-20-22)14(23)21-7-3-4-8-21/h1-2,5-6,9H,3-4,7-8H2. The molecule has 1 aromatic carbocycles. The number of alkyl halides is 3. The van der Waals surface area contributed by atoms with Crippen molar-refractivity contribution < 1.29 is 18.0 Å². The zero-order chi connectivity index (χ0) is 16.6. The van der Waals surface area contributed by atoms with E-state index in [0.717, 1.165) is 19.0 Å². The second-order valence-electron chi connectivity index (χ2n) is 5.27. The fourth-order valence-electron chi connectivity index (χ4n) is 2.67. The lowest BCUT2D eigenvalue weighted by Gasteiger charge is -2.17. The molecule has 0 atom stereocenters. The molecule has 0 N–H and O–H groups in total. The highest BCUT2D eigenvalue weighted by Crippen LogP contribution is 2.35. The molecular formula is C15H13ClF3N3O. The number of halogens is 4. The van der Waals surface area contributed by atoms with E-state index in [0.29, 0.717) is 17.8 Å². The number of amides is 1. The first-order chi connectivity index (χ1) is 10.9. The van der Waals surface area contributed by atoms with Crippen LogP contribution in [0.15, 0.2) is 30.5 Å². The first-order valence-corrected chi connectivity index (χ1v) is 7.47. The van der Waals surface area contributed by atoms with Gasteiger partial charge in [0.1, 0.15) is 0 Å². The monoisotopic (exact) mass is 343 g/mol. The Morgan fingerprint density at radius 1 is 1.17 bits per heavy atom. The minimum Gasteiger partial charge on any atom is -0.339 e. The molecule has 0 unspecified atom stereocenters. The number of carbonyl (C=O) groups is 1. The lowest BCUT2D eigenvalue weighted by atomic mass is 10.2. The number of aromatic nitrogens is 2. The first kappa shape index (κ1) is 15.9. The smallest absolute Gasteiger partial charge is 0.339 e. The Balaban J connectivity index is 2.12. The topological polar surface area (TPSA) is 38.1 Å². The quantitative estimate of drug-likeness (QED) is 0.832. The van der Waals surface area contributed by atoms with Crippen LogP contribution in [-0.2, 0) is 6.18 Å². The minimum atomic E-state index is -4.72. The molecule has 1 saturated heterocycles. The Hall–Kier alpha value is -2.02. The summed E-state index contributed by atoms with van der Waals surface area (Å²) in [6.45, 7) is 0.931. The van der Waals surface area contributed by atoms with Gasteiger partial charge in [-0.25, -0.2) is 4.68 Å². The number of hydrogen-bond acceptors (Lipinski definition) is 2. The Labute approximate surface area is 135 Å². The molecule has 23 heavy (non-hydrogen) atoms. The van der Waals surface area contributed by atoms with Gasteiger partial charge in [0.25, 0.3) is 5.91 Å². The van der Waals surface area contributed by atoms with Crippen LogP contribution >= 0.6 is 11.6 Å². The van der Waals surface area contributed by atoms with Crippen LogP contribution in [-0.4, -0.2) is 33.7 Å². The Morgan fingerprint density at radius 3 is 2.43 bits per heavy atom. The lowest BCUT2D eigenvalue weighted by Crippen LogP contribution is -2.29. The van der Waals surface area contributed by atoms with E-state index in [4.69, 9.17) is 11.6 Å². The summed E-state index contributed by atoms with van der Waals surface area (Å²) in [4.78, 5) is 13.8. The molecular weight excluding hydrogens is 331 g/mol. The molecule has 2 heterocycles. The highest BCUT2D eigenvalue weighted by Gasteiger charge is 2.41. The van der Waals surface area contributed by atoms with Gasteiger partial charge in [0.05, 0.1) is 22.5 Å². The highest BCUT2D eigenvalue weighted by molar-refractivity contribution is 6.32. The molecule has 1 aliphatic heterocycles. The average Bonchev–Trinajstić information content (AvgIpc) is 3.16. The zero-order valence-electron chi connectivity index (χ0n) is 12.0. The average molecular weight is 344 g/mol. The summed E-state index contributed by atoms with van der Waals surface area (Å²) in [5, 5.41) is 3.90. The van der Waals surface area contributed by atoms with E-state index >= 15 is 0 Å². The van der Waals surface area contributed by atoms with Crippen molar-refractivity contribution in [2.24, 2.45) is 0 Å². The lowest BCUT2D eigenvalue weighted by molar-refractivity contribution is -0.143. The van der Waals surface area contributed by atoms with Crippen molar-refractivity contribution in [3.05, 3.63) is 46.7 Å². The summed E-state index contributed by atoms with van der Waals surface area (Å²) in [5.41, 5.74) is -1.45. The van der Waals surface area contributed by atoms with Crippen LogP contribution < -0.4 is 0 Å². The highest BCUT2D eigenvalue weighted by atomic mass is 35.5. The molecule has 0 aliphatic carbocycles. The van der Waals surface area contributed by atoms with E-state index in [9.17, 15) is 18.0 Å². The summed E-state index contributed by atoms with van der Waals surface area (Å²) >= 11 is 5.97. The van der Waals surface area contributed by atoms with E-state index in [2.05, 4.69) is 5.10 Å². The zero-order valence-corrected chi connectivity index (χ0v) is 12.7.